The number of ether oxygens (including phenoxy) is 2. The average molecular weight is 410 g/mol. The van der Waals surface area contributed by atoms with Crippen LogP contribution in [0.15, 0.2) is 40.8 Å². The van der Waals surface area contributed by atoms with Crippen molar-refractivity contribution in [2.75, 3.05) is 12.5 Å². The van der Waals surface area contributed by atoms with Crippen LogP contribution in [0.2, 0.25) is 0 Å². The molecule has 0 aliphatic heterocycles. The molecule has 0 aliphatic rings. The maximum atomic E-state index is 5.74. The number of nitrogens with one attached hydrogen (secondary N) is 1. The lowest BCUT2D eigenvalue weighted by atomic mass is 9.98. The van der Waals surface area contributed by atoms with Crippen molar-refractivity contribution in [3.63, 3.8) is 0 Å². The molecule has 6 heteroatoms. The zero-order valence-corrected chi connectivity index (χ0v) is 18.6. The van der Waals surface area contributed by atoms with Crippen LogP contribution in [0.4, 0.5) is 5.13 Å². The summed E-state index contributed by atoms with van der Waals surface area (Å²) in [5.74, 6) is 1.41. The molecule has 152 valence electrons. The van der Waals surface area contributed by atoms with E-state index in [1.54, 1.807) is 13.3 Å². The van der Waals surface area contributed by atoms with Crippen LogP contribution in [0, 0.1) is 20.8 Å². The van der Waals surface area contributed by atoms with E-state index in [0.29, 0.717) is 5.75 Å². The third-order valence-electron chi connectivity index (χ3n) is 4.36. The second kappa shape index (κ2) is 9.09. The van der Waals surface area contributed by atoms with Gasteiger partial charge in [-0.05, 0) is 69.5 Å². The number of thiazole rings is 1. The Morgan fingerprint density at radius 1 is 1.07 bits per heavy atom. The Labute approximate surface area is 176 Å². The summed E-state index contributed by atoms with van der Waals surface area (Å²) >= 11 is 1.54. The molecule has 0 atom stereocenters. The van der Waals surface area contributed by atoms with Crippen LogP contribution in [-0.2, 0) is 0 Å². The van der Waals surface area contributed by atoms with Gasteiger partial charge in [0, 0.05) is 10.9 Å². The van der Waals surface area contributed by atoms with Crippen LogP contribution in [-0.4, -0.2) is 24.4 Å². The van der Waals surface area contributed by atoms with Gasteiger partial charge in [0.2, 0.25) is 5.13 Å². The summed E-state index contributed by atoms with van der Waals surface area (Å²) < 4.78 is 11.2. The molecule has 3 aromatic rings. The third kappa shape index (κ3) is 5.15. The third-order valence-corrected chi connectivity index (χ3v) is 5.11. The quantitative estimate of drug-likeness (QED) is 0.385. The maximum absolute atomic E-state index is 5.74. The van der Waals surface area contributed by atoms with Gasteiger partial charge < -0.3 is 9.47 Å². The highest BCUT2D eigenvalue weighted by atomic mass is 32.1. The lowest BCUT2D eigenvalue weighted by molar-refractivity contribution is 0.230. The molecule has 0 radical (unpaired) electrons. The molecule has 0 amide bonds. The van der Waals surface area contributed by atoms with Crippen LogP contribution >= 0.6 is 11.3 Å². The van der Waals surface area contributed by atoms with Crippen molar-refractivity contribution in [1.29, 1.82) is 0 Å². The van der Waals surface area contributed by atoms with Gasteiger partial charge in [0.1, 0.15) is 0 Å². The molecule has 0 bridgehead atoms. The highest BCUT2D eigenvalue weighted by molar-refractivity contribution is 7.14. The molecular formula is C23H27N3O2S. The topological polar surface area (TPSA) is 55.7 Å². The number of aryl methyl sites for hydroxylation is 3. The first kappa shape index (κ1) is 20.9. The van der Waals surface area contributed by atoms with Crippen LogP contribution in [0.3, 0.4) is 0 Å². The first-order chi connectivity index (χ1) is 13.9. The highest BCUT2D eigenvalue weighted by Crippen LogP contribution is 2.31. The Morgan fingerprint density at radius 3 is 2.45 bits per heavy atom. The van der Waals surface area contributed by atoms with E-state index in [1.165, 1.54) is 33.6 Å². The number of hydrazone groups is 1. The standard InChI is InChI=1S/C23H27N3O2S/c1-14(2)28-20-8-7-18(11-21(20)27-6)12-24-26-23-25-19(13-29-23)22-16(4)9-15(3)10-17(22)5/h7-14H,1-6H3,(H,25,26)/b24-12-. The van der Waals surface area contributed by atoms with Gasteiger partial charge in [0.25, 0.3) is 0 Å². The Morgan fingerprint density at radius 2 is 1.79 bits per heavy atom. The van der Waals surface area contributed by atoms with E-state index in [2.05, 4.69) is 48.8 Å². The first-order valence-electron chi connectivity index (χ1n) is 9.55. The molecule has 0 unspecified atom stereocenters. The molecule has 0 saturated carbocycles. The van der Waals surface area contributed by atoms with E-state index >= 15 is 0 Å². The van der Waals surface area contributed by atoms with E-state index in [0.717, 1.165) is 22.1 Å². The Balaban J connectivity index is 1.72. The summed E-state index contributed by atoms with van der Waals surface area (Å²) in [5, 5.41) is 7.13. The van der Waals surface area contributed by atoms with Crippen molar-refractivity contribution < 1.29 is 9.47 Å². The fourth-order valence-corrected chi connectivity index (χ4v) is 3.95. The van der Waals surface area contributed by atoms with Crippen molar-refractivity contribution in [2.45, 2.75) is 40.7 Å². The molecule has 3 rings (SSSR count). The smallest absolute Gasteiger partial charge is 0.203 e. The first-order valence-corrected chi connectivity index (χ1v) is 10.4. The molecule has 0 spiro atoms. The van der Waals surface area contributed by atoms with E-state index in [-0.39, 0.29) is 6.10 Å². The van der Waals surface area contributed by atoms with E-state index in [9.17, 15) is 0 Å². The maximum Gasteiger partial charge on any atom is 0.203 e. The van der Waals surface area contributed by atoms with Crippen molar-refractivity contribution in [3.8, 4) is 22.8 Å². The number of hydrogen-bond donors (Lipinski definition) is 1. The molecule has 1 aromatic heterocycles. The lowest BCUT2D eigenvalue weighted by Crippen LogP contribution is -2.06. The molecule has 0 aliphatic carbocycles. The minimum absolute atomic E-state index is 0.0879. The summed E-state index contributed by atoms with van der Waals surface area (Å²) in [6.07, 6.45) is 1.83. The molecule has 29 heavy (non-hydrogen) atoms. The second-order valence-electron chi connectivity index (χ2n) is 7.26. The molecule has 0 fully saturated rings. The highest BCUT2D eigenvalue weighted by Gasteiger charge is 2.11. The van der Waals surface area contributed by atoms with Gasteiger partial charge in [0.15, 0.2) is 11.5 Å². The fourth-order valence-electron chi connectivity index (χ4n) is 3.30. The number of benzene rings is 2. The Kier molecular flexibility index (Phi) is 6.54. The van der Waals surface area contributed by atoms with Crippen LogP contribution in [0.5, 0.6) is 11.5 Å². The molecule has 1 N–H and O–H groups in total. The number of nitrogens with zero attached hydrogens (tertiary/aromatic N) is 2. The van der Waals surface area contributed by atoms with Crippen LogP contribution < -0.4 is 14.9 Å². The fraction of sp³-hybridized carbons (Fsp3) is 0.304. The molecule has 5 nitrogen and oxygen atoms in total. The van der Waals surface area contributed by atoms with Crippen molar-refractivity contribution >= 4 is 22.7 Å². The largest absolute Gasteiger partial charge is 0.493 e. The zero-order chi connectivity index (χ0) is 21.0. The van der Waals surface area contributed by atoms with Gasteiger partial charge in [-0.2, -0.15) is 5.10 Å². The predicted octanol–water partition coefficient (Wildman–Crippen LogP) is 5.98. The van der Waals surface area contributed by atoms with E-state index in [1.807, 2.05) is 32.0 Å². The summed E-state index contributed by atoms with van der Waals surface area (Å²) in [5.41, 5.74) is 9.83. The molecule has 2 aromatic carbocycles. The number of rotatable bonds is 7. The van der Waals surface area contributed by atoms with Crippen LogP contribution in [0.1, 0.15) is 36.1 Å². The summed E-state index contributed by atoms with van der Waals surface area (Å²) in [6, 6.07) is 10.1. The monoisotopic (exact) mass is 409 g/mol. The summed E-state index contributed by atoms with van der Waals surface area (Å²) in [7, 11) is 1.63. The van der Waals surface area contributed by atoms with Gasteiger partial charge in [-0.15, -0.1) is 11.3 Å². The van der Waals surface area contributed by atoms with E-state index in [4.69, 9.17) is 14.5 Å². The number of anilines is 1. The molecule has 0 saturated heterocycles. The van der Waals surface area contributed by atoms with E-state index < -0.39 is 0 Å². The van der Waals surface area contributed by atoms with Gasteiger partial charge in [-0.25, -0.2) is 4.98 Å². The Hall–Kier alpha value is -2.86. The van der Waals surface area contributed by atoms with Gasteiger partial charge in [-0.3, -0.25) is 5.43 Å². The van der Waals surface area contributed by atoms with Crippen molar-refractivity contribution in [2.24, 2.45) is 5.10 Å². The van der Waals surface area contributed by atoms with Crippen molar-refractivity contribution in [3.05, 3.63) is 58.0 Å². The molecular weight excluding hydrogens is 382 g/mol. The van der Waals surface area contributed by atoms with Gasteiger partial charge in [0.05, 0.1) is 25.1 Å². The minimum atomic E-state index is 0.0879. The van der Waals surface area contributed by atoms with Crippen LogP contribution in [0.25, 0.3) is 11.3 Å². The Bertz CT molecular complexity index is 1000. The average Bonchev–Trinajstić information content (AvgIpc) is 3.10. The minimum Gasteiger partial charge on any atom is -0.493 e. The SMILES string of the molecule is COc1cc(/C=N\Nc2nc(-c3c(C)cc(C)cc3C)cs2)ccc1OC(C)C. The zero-order valence-electron chi connectivity index (χ0n) is 17.7. The van der Waals surface area contributed by atoms with Gasteiger partial charge >= 0.3 is 0 Å². The number of methoxy groups -OCH3 is 1. The predicted molar refractivity (Wildman–Crippen MR) is 122 cm³/mol. The normalized spacial score (nSPS) is 11.3. The second-order valence-corrected chi connectivity index (χ2v) is 8.12. The lowest BCUT2D eigenvalue weighted by Gasteiger charge is -2.13. The summed E-state index contributed by atoms with van der Waals surface area (Å²) in [4.78, 5) is 4.69. The number of hydrogen-bond acceptors (Lipinski definition) is 6. The number of aromatic nitrogens is 1. The molecule has 1 heterocycles. The van der Waals surface area contributed by atoms with Gasteiger partial charge in [-0.1, -0.05) is 17.7 Å². The van der Waals surface area contributed by atoms with Crippen molar-refractivity contribution in [1.82, 2.24) is 4.98 Å². The summed E-state index contributed by atoms with van der Waals surface area (Å²) in [6.45, 7) is 10.3.